The predicted octanol–water partition coefficient (Wildman–Crippen LogP) is 3.62. The summed E-state index contributed by atoms with van der Waals surface area (Å²) in [6.07, 6.45) is 0. The standard InChI is InChI=1S/C15H14N2O3S2/c1-2-20-14-7-3-13(4-8-14)17-22(18,19)15-9-5-12(6-10-15)16-11-21/h3-10,17H,2H2,1H3. The van der Waals surface area contributed by atoms with Gasteiger partial charge in [0, 0.05) is 5.69 Å². The predicted molar refractivity (Wildman–Crippen MR) is 89.5 cm³/mol. The van der Waals surface area contributed by atoms with Crippen molar-refractivity contribution >= 4 is 38.8 Å². The summed E-state index contributed by atoms with van der Waals surface area (Å²) in [5, 5.41) is 2.23. The molecule has 0 aliphatic heterocycles. The highest BCUT2D eigenvalue weighted by Crippen LogP contribution is 2.21. The maximum Gasteiger partial charge on any atom is 0.261 e. The van der Waals surface area contributed by atoms with Crippen LogP contribution in [0.2, 0.25) is 0 Å². The molecule has 0 aliphatic carbocycles. The molecule has 5 nitrogen and oxygen atoms in total. The lowest BCUT2D eigenvalue weighted by molar-refractivity contribution is 0.340. The molecule has 0 saturated carbocycles. The lowest BCUT2D eigenvalue weighted by Gasteiger charge is -2.09. The van der Waals surface area contributed by atoms with Crippen LogP contribution in [0, 0.1) is 0 Å². The fourth-order valence-electron chi connectivity index (χ4n) is 1.75. The van der Waals surface area contributed by atoms with Gasteiger partial charge < -0.3 is 4.74 Å². The maximum absolute atomic E-state index is 12.3. The molecule has 0 amide bonds. The lowest BCUT2D eigenvalue weighted by Crippen LogP contribution is -2.12. The third-order valence-electron chi connectivity index (χ3n) is 2.74. The van der Waals surface area contributed by atoms with E-state index in [2.05, 4.69) is 27.1 Å². The number of hydrogen-bond donors (Lipinski definition) is 1. The van der Waals surface area contributed by atoms with Crippen molar-refractivity contribution < 1.29 is 13.2 Å². The smallest absolute Gasteiger partial charge is 0.261 e. The zero-order chi connectivity index (χ0) is 16.0. The van der Waals surface area contributed by atoms with Gasteiger partial charge in [0.25, 0.3) is 10.0 Å². The maximum atomic E-state index is 12.3. The Kier molecular flexibility index (Phi) is 5.27. The van der Waals surface area contributed by atoms with Crippen LogP contribution >= 0.6 is 12.2 Å². The SMILES string of the molecule is CCOc1ccc(NS(=O)(=O)c2ccc(N=C=S)cc2)cc1. The summed E-state index contributed by atoms with van der Waals surface area (Å²) in [4.78, 5) is 3.92. The molecule has 0 atom stereocenters. The lowest BCUT2D eigenvalue weighted by atomic mass is 10.3. The molecule has 0 radical (unpaired) electrons. The molecular weight excluding hydrogens is 320 g/mol. The molecule has 0 heterocycles. The van der Waals surface area contributed by atoms with Gasteiger partial charge in [0.1, 0.15) is 5.75 Å². The van der Waals surface area contributed by atoms with E-state index in [0.717, 1.165) is 0 Å². The Morgan fingerprint density at radius 3 is 2.32 bits per heavy atom. The average Bonchev–Trinajstić information content (AvgIpc) is 2.50. The minimum Gasteiger partial charge on any atom is -0.494 e. The van der Waals surface area contributed by atoms with Gasteiger partial charge >= 0.3 is 0 Å². The van der Waals surface area contributed by atoms with Crippen LogP contribution in [0.4, 0.5) is 11.4 Å². The summed E-state index contributed by atoms with van der Waals surface area (Å²) in [7, 11) is -3.65. The van der Waals surface area contributed by atoms with E-state index in [1.807, 2.05) is 6.92 Å². The minimum atomic E-state index is -3.65. The van der Waals surface area contributed by atoms with Crippen molar-refractivity contribution in [1.82, 2.24) is 0 Å². The van der Waals surface area contributed by atoms with Crippen molar-refractivity contribution in [3.63, 3.8) is 0 Å². The number of rotatable bonds is 6. The third-order valence-corrected chi connectivity index (χ3v) is 4.23. The topological polar surface area (TPSA) is 67.8 Å². The van der Waals surface area contributed by atoms with Crippen LogP contribution in [0.1, 0.15) is 6.92 Å². The molecule has 114 valence electrons. The molecule has 0 saturated heterocycles. The van der Waals surface area contributed by atoms with Gasteiger partial charge in [-0.1, -0.05) is 0 Å². The largest absolute Gasteiger partial charge is 0.494 e. The first-order valence-corrected chi connectivity index (χ1v) is 8.38. The second-order valence-electron chi connectivity index (χ2n) is 4.26. The number of hydrogen-bond acceptors (Lipinski definition) is 5. The highest BCUT2D eigenvalue weighted by molar-refractivity contribution is 7.92. The molecular formula is C15H14N2O3S2. The van der Waals surface area contributed by atoms with Crippen molar-refractivity contribution in [3.05, 3.63) is 48.5 Å². The second-order valence-corrected chi connectivity index (χ2v) is 6.12. The molecule has 22 heavy (non-hydrogen) atoms. The number of anilines is 1. The van der Waals surface area contributed by atoms with E-state index < -0.39 is 10.0 Å². The quantitative estimate of drug-likeness (QED) is 0.647. The van der Waals surface area contributed by atoms with Crippen molar-refractivity contribution in [3.8, 4) is 5.75 Å². The van der Waals surface area contributed by atoms with Gasteiger partial charge in [0.2, 0.25) is 0 Å². The van der Waals surface area contributed by atoms with E-state index in [4.69, 9.17) is 4.74 Å². The van der Waals surface area contributed by atoms with Gasteiger partial charge in [0.15, 0.2) is 0 Å². The van der Waals surface area contributed by atoms with Crippen LogP contribution in [-0.4, -0.2) is 20.2 Å². The van der Waals surface area contributed by atoms with Crippen LogP contribution in [-0.2, 0) is 10.0 Å². The van der Waals surface area contributed by atoms with Crippen LogP contribution in [0.3, 0.4) is 0 Å². The highest BCUT2D eigenvalue weighted by Gasteiger charge is 2.13. The Morgan fingerprint density at radius 1 is 1.14 bits per heavy atom. The molecule has 0 fully saturated rings. The zero-order valence-electron chi connectivity index (χ0n) is 11.8. The molecule has 0 spiro atoms. The van der Waals surface area contributed by atoms with E-state index in [-0.39, 0.29) is 4.90 Å². The molecule has 0 aliphatic rings. The van der Waals surface area contributed by atoms with Crippen molar-refractivity contribution in [2.24, 2.45) is 4.99 Å². The van der Waals surface area contributed by atoms with Crippen LogP contribution in [0.15, 0.2) is 58.4 Å². The summed E-state index contributed by atoms with van der Waals surface area (Å²) in [5.74, 6) is 0.688. The molecule has 1 N–H and O–H groups in total. The number of nitrogens with one attached hydrogen (secondary N) is 1. The van der Waals surface area contributed by atoms with Crippen LogP contribution in [0.5, 0.6) is 5.75 Å². The fraction of sp³-hybridized carbons (Fsp3) is 0.133. The second kappa shape index (κ2) is 7.17. The number of benzene rings is 2. The summed E-state index contributed by atoms with van der Waals surface area (Å²) < 4.78 is 32.4. The van der Waals surface area contributed by atoms with E-state index in [0.29, 0.717) is 23.7 Å². The van der Waals surface area contributed by atoms with E-state index in [1.165, 1.54) is 12.1 Å². The number of nitrogens with zero attached hydrogens (tertiary/aromatic N) is 1. The Labute approximate surface area is 134 Å². The van der Waals surface area contributed by atoms with Crippen molar-refractivity contribution in [2.75, 3.05) is 11.3 Å². The summed E-state index contributed by atoms with van der Waals surface area (Å²) >= 11 is 4.50. The van der Waals surface area contributed by atoms with Crippen LogP contribution < -0.4 is 9.46 Å². The van der Waals surface area contributed by atoms with Crippen LogP contribution in [0.25, 0.3) is 0 Å². The Balaban J connectivity index is 2.17. The highest BCUT2D eigenvalue weighted by atomic mass is 32.2. The van der Waals surface area contributed by atoms with Gasteiger partial charge in [-0.3, -0.25) is 4.72 Å². The van der Waals surface area contributed by atoms with Crippen molar-refractivity contribution in [2.45, 2.75) is 11.8 Å². The average molecular weight is 334 g/mol. The molecule has 2 aromatic carbocycles. The molecule has 2 aromatic rings. The number of sulfonamides is 1. The van der Waals surface area contributed by atoms with Crippen molar-refractivity contribution in [1.29, 1.82) is 0 Å². The first kappa shape index (κ1) is 16.2. The summed E-state index contributed by atoms with van der Waals surface area (Å²) in [6.45, 7) is 2.44. The first-order valence-electron chi connectivity index (χ1n) is 6.49. The van der Waals surface area contributed by atoms with E-state index >= 15 is 0 Å². The molecule has 0 unspecified atom stereocenters. The summed E-state index contributed by atoms with van der Waals surface area (Å²) in [5.41, 5.74) is 1.01. The van der Waals surface area contributed by atoms with E-state index in [9.17, 15) is 8.42 Å². The molecule has 0 bridgehead atoms. The monoisotopic (exact) mass is 334 g/mol. The minimum absolute atomic E-state index is 0.143. The third kappa shape index (κ3) is 4.14. The number of ether oxygens (including phenoxy) is 1. The Morgan fingerprint density at radius 2 is 1.77 bits per heavy atom. The van der Waals surface area contributed by atoms with Gasteiger partial charge in [-0.25, -0.2) is 8.42 Å². The normalized spacial score (nSPS) is 10.6. The van der Waals surface area contributed by atoms with Gasteiger partial charge in [-0.2, -0.15) is 4.99 Å². The Bertz CT molecular complexity index is 779. The van der Waals surface area contributed by atoms with E-state index in [1.54, 1.807) is 36.4 Å². The number of thiocarbonyl (C=S) groups is 1. The first-order chi connectivity index (χ1) is 10.5. The van der Waals surface area contributed by atoms with Gasteiger partial charge in [0.05, 0.1) is 22.4 Å². The van der Waals surface area contributed by atoms with Gasteiger partial charge in [-0.05, 0) is 67.7 Å². The molecule has 2 rings (SSSR count). The molecule has 7 heteroatoms. The summed E-state index contributed by atoms with van der Waals surface area (Å²) in [6, 6.07) is 12.8. The zero-order valence-corrected chi connectivity index (χ0v) is 13.4. The molecule has 0 aromatic heterocycles. The number of aliphatic imine (C=N–C) groups is 1. The fourth-order valence-corrected chi connectivity index (χ4v) is 2.92. The van der Waals surface area contributed by atoms with Gasteiger partial charge in [-0.15, -0.1) is 0 Å². The number of isothiocyanates is 1. The Hall–Kier alpha value is -2.21.